The predicted molar refractivity (Wildman–Crippen MR) is 111 cm³/mol. The molecule has 9 heteroatoms. The van der Waals surface area contributed by atoms with E-state index >= 15 is 0 Å². The van der Waals surface area contributed by atoms with Crippen LogP contribution in [0.2, 0.25) is 0 Å². The van der Waals surface area contributed by atoms with Gasteiger partial charge in [0.05, 0.1) is 35.9 Å². The van der Waals surface area contributed by atoms with Crippen LogP contribution in [0.15, 0.2) is 24.3 Å². The molecule has 2 fully saturated rings. The van der Waals surface area contributed by atoms with Crippen LogP contribution in [0.25, 0.3) is 11.3 Å². The molecule has 1 saturated carbocycles. The minimum atomic E-state index is -3.34. The van der Waals surface area contributed by atoms with Gasteiger partial charge in [-0.2, -0.15) is 14.5 Å². The van der Waals surface area contributed by atoms with Crippen molar-refractivity contribution in [2.45, 2.75) is 44.1 Å². The first-order valence-electron chi connectivity index (χ1n) is 10.5. The Hall–Kier alpha value is -1.97. The Balaban J connectivity index is 1.62. The molecule has 2 aromatic rings. The molecule has 2 bridgehead atoms. The van der Waals surface area contributed by atoms with Gasteiger partial charge in [0, 0.05) is 18.5 Å². The van der Waals surface area contributed by atoms with Gasteiger partial charge in [-0.3, -0.25) is 0 Å². The Morgan fingerprint density at radius 2 is 1.90 bits per heavy atom. The highest BCUT2D eigenvalue weighted by atomic mass is 32.2. The zero-order chi connectivity index (χ0) is 22.2. The van der Waals surface area contributed by atoms with Crippen molar-refractivity contribution in [3.05, 3.63) is 47.2 Å². The molecule has 1 aromatic heterocycles. The summed E-state index contributed by atoms with van der Waals surface area (Å²) in [7, 11) is -3.34. The third-order valence-corrected chi connectivity index (χ3v) is 9.01. The van der Waals surface area contributed by atoms with E-state index in [2.05, 4.69) is 24.0 Å². The van der Waals surface area contributed by atoms with E-state index in [9.17, 15) is 17.2 Å². The fourth-order valence-electron chi connectivity index (χ4n) is 6.17. The molecule has 2 aliphatic carbocycles. The molecule has 0 unspecified atom stereocenters. The van der Waals surface area contributed by atoms with E-state index in [1.165, 1.54) is 28.8 Å². The summed E-state index contributed by atoms with van der Waals surface area (Å²) in [5.41, 5.74) is 0.940. The highest BCUT2D eigenvalue weighted by Crippen LogP contribution is 2.69. The molecule has 31 heavy (non-hydrogen) atoms. The normalized spacial score (nSPS) is 29.8. The number of hydrogen-bond donors (Lipinski definition) is 0. The predicted octanol–water partition coefficient (Wildman–Crippen LogP) is 3.24. The topological polar surface area (TPSA) is 72.4 Å². The molecule has 2 heterocycles. The average Bonchev–Trinajstić information content (AvgIpc) is 3.09. The van der Waals surface area contributed by atoms with E-state index in [0.717, 1.165) is 24.1 Å². The maximum Gasteiger partial charge on any atom is 0.211 e. The van der Waals surface area contributed by atoms with E-state index in [4.69, 9.17) is 4.74 Å². The molecule has 1 saturated heterocycles. The monoisotopic (exact) mass is 449 g/mol. The zero-order valence-corrected chi connectivity index (χ0v) is 18.5. The molecular formula is C22H25F2N3O3S. The van der Waals surface area contributed by atoms with E-state index < -0.39 is 27.1 Å². The van der Waals surface area contributed by atoms with Crippen molar-refractivity contribution in [2.24, 2.45) is 5.41 Å². The Morgan fingerprint density at radius 1 is 1.19 bits per heavy atom. The Bertz CT molecular complexity index is 1150. The lowest BCUT2D eigenvalue weighted by atomic mass is 9.64. The van der Waals surface area contributed by atoms with Crippen molar-refractivity contribution in [2.75, 3.05) is 26.0 Å². The molecule has 0 amide bonds. The van der Waals surface area contributed by atoms with E-state index in [1.807, 2.05) is 0 Å². The number of benzene rings is 1. The number of sulfonamides is 1. The summed E-state index contributed by atoms with van der Waals surface area (Å²) in [6.45, 7) is 5.22. The standard InChI is InChI=1S/C22H25F2N3O3S/c1-21(2)14-7-8-22(21,18-12-27(9-10-30-18)31(3,28)29)20-13(14)11-17(25-26-20)19-15(23)5-4-6-16(19)24/h4-6,11,14,18H,7-10,12H2,1-3H3/t14-,18-,22-/m0/s1. The molecule has 3 atom stereocenters. The lowest BCUT2D eigenvalue weighted by Crippen LogP contribution is -2.57. The highest BCUT2D eigenvalue weighted by molar-refractivity contribution is 7.88. The summed E-state index contributed by atoms with van der Waals surface area (Å²) >= 11 is 0. The van der Waals surface area contributed by atoms with E-state index in [0.29, 0.717) is 13.2 Å². The maximum absolute atomic E-state index is 14.4. The van der Waals surface area contributed by atoms with E-state index in [1.54, 1.807) is 6.07 Å². The molecule has 166 valence electrons. The van der Waals surface area contributed by atoms with Crippen molar-refractivity contribution in [1.82, 2.24) is 14.5 Å². The van der Waals surface area contributed by atoms with Crippen molar-refractivity contribution in [1.29, 1.82) is 0 Å². The van der Waals surface area contributed by atoms with Gasteiger partial charge in [-0.25, -0.2) is 17.2 Å². The molecule has 1 aliphatic heterocycles. The van der Waals surface area contributed by atoms with Crippen molar-refractivity contribution in [3.63, 3.8) is 0 Å². The van der Waals surface area contributed by atoms with Crippen LogP contribution in [-0.4, -0.2) is 55.0 Å². The number of rotatable bonds is 3. The number of hydrogen-bond acceptors (Lipinski definition) is 5. The van der Waals surface area contributed by atoms with Crippen LogP contribution in [0.1, 0.15) is 43.9 Å². The first kappa shape index (κ1) is 20.9. The summed E-state index contributed by atoms with van der Waals surface area (Å²) < 4.78 is 60.7. The van der Waals surface area contributed by atoms with Crippen LogP contribution in [-0.2, 0) is 20.2 Å². The Morgan fingerprint density at radius 3 is 2.58 bits per heavy atom. The number of ether oxygens (including phenoxy) is 1. The van der Waals surface area contributed by atoms with Gasteiger partial charge >= 0.3 is 0 Å². The number of nitrogens with zero attached hydrogens (tertiary/aromatic N) is 3. The van der Waals surface area contributed by atoms with Crippen LogP contribution < -0.4 is 0 Å². The van der Waals surface area contributed by atoms with Crippen LogP contribution in [0, 0.1) is 17.0 Å². The maximum atomic E-state index is 14.4. The van der Waals surface area contributed by atoms with Gasteiger partial charge in [0.25, 0.3) is 0 Å². The summed E-state index contributed by atoms with van der Waals surface area (Å²) in [4.78, 5) is 0. The summed E-state index contributed by atoms with van der Waals surface area (Å²) in [5.74, 6) is -1.22. The molecule has 6 nitrogen and oxygen atoms in total. The summed E-state index contributed by atoms with van der Waals surface area (Å²) in [6, 6.07) is 5.50. The number of halogens is 2. The van der Waals surface area contributed by atoms with Gasteiger partial charge in [-0.1, -0.05) is 19.9 Å². The van der Waals surface area contributed by atoms with Gasteiger partial charge in [-0.15, -0.1) is 0 Å². The lowest BCUT2D eigenvalue weighted by molar-refractivity contribution is -0.0745. The third kappa shape index (κ3) is 2.82. The molecule has 0 N–H and O–H groups in total. The van der Waals surface area contributed by atoms with Gasteiger partial charge in [0.1, 0.15) is 11.6 Å². The molecule has 0 spiro atoms. The molecule has 3 aliphatic rings. The van der Waals surface area contributed by atoms with E-state index in [-0.39, 0.29) is 35.2 Å². The molecular weight excluding hydrogens is 424 g/mol. The van der Waals surface area contributed by atoms with Gasteiger partial charge in [0.2, 0.25) is 10.0 Å². The fraction of sp³-hybridized carbons (Fsp3) is 0.545. The minimum Gasteiger partial charge on any atom is -0.374 e. The van der Waals surface area contributed by atoms with Crippen LogP contribution in [0.4, 0.5) is 8.78 Å². The Kier molecular flexibility index (Phi) is 4.56. The first-order chi connectivity index (χ1) is 14.6. The summed E-state index contributed by atoms with van der Waals surface area (Å²) in [6.07, 6.45) is 2.54. The smallest absolute Gasteiger partial charge is 0.211 e. The fourth-order valence-corrected chi connectivity index (χ4v) is 6.98. The average molecular weight is 450 g/mol. The van der Waals surface area contributed by atoms with Crippen LogP contribution >= 0.6 is 0 Å². The second kappa shape index (κ2) is 6.76. The second-order valence-corrected chi connectivity index (χ2v) is 11.4. The molecule has 0 radical (unpaired) electrons. The second-order valence-electron chi connectivity index (χ2n) is 9.39. The zero-order valence-electron chi connectivity index (χ0n) is 17.7. The molecule has 1 aromatic carbocycles. The highest BCUT2D eigenvalue weighted by Gasteiger charge is 2.67. The first-order valence-corrected chi connectivity index (χ1v) is 12.3. The van der Waals surface area contributed by atoms with Gasteiger partial charge in [-0.05, 0) is 47.9 Å². The van der Waals surface area contributed by atoms with Gasteiger partial charge in [0.15, 0.2) is 0 Å². The largest absolute Gasteiger partial charge is 0.374 e. The number of aromatic nitrogens is 2. The lowest BCUT2D eigenvalue weighted by Gasteiger charge is -2.47. The SMILES string of the molecule is CC1(C)[C@H]2CC[C@]1([C@@H]1CN(S(C)(=O)=O)CCO1)c1nnc(-c3c(F)cccc3F)cc12. The van der Waals surface area contributed by atoms with Crippen molar-refractivity contribution < 1.29 is 21.9 Å². The van der Waals surface area contributed by atoms with Crippen LogP contribution in [0.5, 0.6) is 0 Å². The van der Waals surface area contributed by atoms with Crippen molar-refractivity contribution >= 4 is 10.0 Å². The minimum absolute atomic E-state index is 0.129. The Labute approximate surface area is 180 Å². The molecule has 5 rings (SSSR count). The quantitative estimate of drug-likeness (QED) is 0.720. The van der Waals surface area contributed by atoms with Crippen molar-refractivity contribution in [3.8, 4) is 11.3 Å². The third-order valence-electron chi connectivity index (χ3n) is 7.74. The number of morpholine rings is 1. The summed E-state index contributed by atoms with van der Waals surface area (Å²) in [5, 5.41) is 8.72. The number of fused-ring (bicyclic) bond motifs is 5. The van der Waals surface area contributed by atoms with Crippen LogP contribution in [0.3, 0.4) is 0 Å². The van der Waals surface area contributed by atoms with Gasteiger partial charge < -0.3 is 4.74 Å².